The highest BCUT2D eigenvalue weighted by Gasteiger charge is 2.43. The second-order valence-electron chi connectivity index (χ2n) is 11.3. The van der Waals surface area contributed by atoms with Crippen LogP contribution < -0.4 is 9.64 Å². The Morgan fingerprint density at radius 2 is 1.79 bits per heavy atom. The number of carbonyl (C=O) groups is 2. The molecule has 210 valence electrons. The number of sulfonamides is 1. The summed E-state index contributed by atoms with van der Waals surface area (Å²) in [4.78, 5) is 39.1. The summed E-state index contributed by atoms with van der Waals surface area (Å²) in [5.74, 6) is 0.932. The van der Waals surface area contributed by atoms with Crippen LogP contribution in [0.2, 0.25) is 0 Å². The molecule has 1 saturated carbocycles. The second-order valence-corrected chi connectivity index (χ2v) is 13.4. The van der Waals surface area contributed by atoms with Crippen molar-refractivity contribution in [3.05, 3.63) is 12.4 Å². The summed E-state index contributed by atoms with van der Waals surface area (Å²) in [7, 11) is -1.50. The van der Waals surface area contributed by atoms with E-state index < -0.39 is 10.0 Å². The average molecular weight is 551 g/mol. The first-order valence-electron chi connectivity index (χ1n) is 13.5. The Labute approximate surface area is 224 Å². The van der Waals surface area contributed by atoms with Gasteiger partial charge in [-0.2, -0.15) is 4.31 Å². The van der Waals surface area contributed by atoms with Gasteiger partial charge < -0.3 is 19.3 Å². The number of nitrogens with zero attached hydrogens (tertiary/aromatic N) is 6. The molecule has 0 bridgehead atoms. The molecule has 1 atom stereocenters. The van der Waals surface area contributed by atoms with E-state index in [4.69, 9.17) is 9.47 Å². The van der Waals surface area contributed by atoms with Crippen LogP contribution in [0.15, 0.2) is 12.4 Å². The first kappa shape index (κ1) is 27.1. The van der Waals surface area contributed by atoms with E-state index in [1.165, 1.54) is 21.6 Å². The number of rotatable bonds is 8. The van der Waals surface area contributed by atoms with Gasteiger partial charge in [0.05, 0.1) is 31.3 Å². The first-order valence-corrected chi connectivity index (χ1v) is 15.1. The van der Waals surface area contributed by atoms with Gasteiger partial charge in [-0.15, -0.1) is 0 Å². The molecular formula is C25H38N6O6S. The number of carbonyl (C=O) groups excluding carboxylic acids is 2. The van der Waals surface area contributed by atoms with E-state index in [9.17, 15) is 18.0 Å². The lowest BCUT2D eigenvalue weighted by Gasteiger charge is -2.33. The Morgan fingerprint density at radius 3 is 2.39 bits per heavy atom. The van der Waals surface area contributed by atoms with Crippen LogP contribution in [0, 0.1) is 11.8 Å². The Hall–Kier alpha value is -2.51. The summed E-state index contributed by atoms with van der Waals surface area (Å²) < 4.78 is 38.4. The van der Waals surface area contributed by atoms with E-state index >= 15 is 0 Å². The van der Waals surface area contributed by atoms with Gasteiger partial charge in [0.2, 0.25) is 21.8 Å². The lowest BCUT2D eigenvalue weighted by molar-refractivity contribution is -0.120. The topological polar surface area (TPSA) is 125 Å². The van der Waals surface area contributed by atoms with Crippen LogP contribution in [0.5, 0.6) is 5.88 Å². The van der Waals surface area contributed by atoms with Gasteiger partial charge in [-0.05, 0) is 64.5 Å². The Morgan fingerprint density at radius 1 is 1.05 bits per heavy atom. The number of ether oxygens (including phenoxy) is 2. The van der Waals surface area contributed by atoms with Crippen LogP contribution >= 0.6 is 0 Å². The smallest absolute Gasteiger partial charge is 0.410 e. The average Bonchev–Trinajstić information content (AvgIpc) is 3.48. The highest BCUT2D eigenvalue weighted by atomic mass is 32.2. The van der Waals surface area contributed by atoms with E-state index in [1.54, 1.807) is 4.90 Å². The molecule has 5 rings (SSSR count). The molecule has 0 spiro atoms. The Bertz CT molecular complexity index is 1120. The molecule has 1 aromatic rings. The minimum absolute atomic E-state index is 0.0824. The minimum atomic E-state index is -3.49. The van der Waals surface area contributed by atoms with Gasteiger partial charge in [0.15, 0.2) is 5.82 Å². The van der Waals surface area contributed by atoms with Crippen molar-refractivity contribution < 1.29 is 27.5 Å². The van der Waals surface area contributed by atoms with Crippen molar-refractivity contribution in [1.82, 2.24) is 24.1 Å². The van der Waals surface area contributed by atoms with Crippen molar-refractivity contribution in [2.45, 2.75) is 44.6 Å². The number of aromatic nitrogens is 2. The summed E-state index contributed by atoms with van der Waals surface area (Å²) in [5.41, 5.74) is -0.260. The number of piperazine rings is 1. The van der Waals surface area contributed by atoms with Gasteiger partial charge >= 0.3 is 6.09 Å². The molecule has 2 amide bonds. The van der Waals surface area contributed by atoms with Crippen LogP contribution in [-0.4, -0.2) is 115 Å². The van der Waals surface area contributed by atoms with Gasteiger partial charge in [-0.25, -0.2) is 23.2 Å². The molecule has 4 heterocycles. The molecule has 0 aromatic carbocycles. The SMILES string of the molecule is CN1CCC(CS(=O)(=O)N2CCN(c3cnc(OCC4CCN(C(=O)OC5(C)CC5)CC4)cn3)C(=O)C2)C1. The van der Waals surface area contributed by atoms with E-state index in [0.717, 1.165) is 45.2 Å². The zero-order valence-electron chi connectivity index (χ0n) is 22.2. The van der Waals surface area contributed by atoms with E-state index in [-0.39, 0.29) is 48.9 Å². The van der Waals surface area contributed by atoms with Crippen LogP contribution in [0.25, 0.3) is 0 Å². The zero-order valence-corrected chi connectivity index (χ0v) is 23.1. The Balaban J connectivity index is 1.06. The van der Waals surface area contributed by atoms with Gasteiger partial charge in [-0.3, -0.25) is 9.69 Å². The largest absolute Gasteiger partial charge is 0.476 e. The normalized spacial score (nSPS) is 25.0. The van der Waals surface area contributed by atoms with E-state index in [1.807, 2.05) is 14.0 Å². The summed E-state index contributed by atoms with van der Waals surface area (Å²) in [6.45, 7) is 5.70. The summed E-state index contributed by atoms with van der Waals surface area (Å²) in [6.07, 6.45) is 7.16. The zero-order chi connectivity index (χ0) is 26.9. The molecule has 0 N–H and O–H groups in total. The number of piperidine rings is 1. The number of likely N-dealkylation sites (tertiary alicyclic amines) is 2. The monoisotopic (exact) mass is 550 g/mol. The summed E-state index contributed by atoms with van der Waals surface area (Å²) in [6, 6.07) is 0. The van der Waals surface area contributed by atoms with Gasteiger partial charge in [0.1, 0.15) is 5.60 Å². The molecule has 0 radical (unpaired) electrons. The molecule has 4 aliphatic rings. The van der Waals surface area contributed by atoms with Gasteiger partial charge in [-0.1, -0.05) is 0 Å². The number of hydrogen-bond donors (Lipinski definition) is 0. The highest BCUT2D eigenvalue weighted by molar-refractivity contribution is 7.89. The molecule has 1 unspecified atom stereocenters. The predicted octanol–water partition coefficient (Wildman–Crippen LogP) is 1.19. The molecule has 1 aliphatic carbocycles. The third kappa shape index (κ3) is 6.55. The third-order valence-electron chi connectivity index (χ3n) is 8.03. The quantitative estimate of drug-likeness (QED) is 0.469. The van der Waals surface area contributed by atoms with E-state index in [0.29, 0.717) is 37.3 Å². The number of anilines is 1. The van der Waals surface area contributed by atoms with Crippen LogP contribution in [0.1, 0.15) is 39.0 Å². The minimum Gasteiger partial charge on any atom is -0.476 e. The second kappa shape index (κ2) is 10.9. The molecule has 1 aromatic heterocycles. The maximum Gasteiger partial charge on any atom is 0.410 e. The fourth-order valence-electron chi connectivity index (χ4n) is 5.26. The van der Waals surface area contributed by atoms with Crippen LogP contribution in [0.3, 0.4) is 0 Å². The molecule has 3 aliphatic heterocycles. The van der Waals surface area contributed by atoms with Crippen molar-refractivity contribution >= 4 is 27.8 Å². The standard InChI is InChI=1S/C25H38N6O6S/c1-25(6-7-25)37-24(33)29-9-4-19(5-10-29)17-36-22-14-26-21(13-27-22)31-12-11-30(16-23(31)32)38(34,35)18-20-3-8-28(2)15-20/h13-14,19-20H,3-12,15-18H2,1-2H3. The molecule has 38 heavy (non-hydrogen) atoms. The predicted molar refractivity (Wildman–Crippen MR) is 139 cm³/mol. The molecule has 4 fully saturated rings. The van der Waals surface area contributed by atoms with Gasteiger partial charge in [0, 0.05) is 32.7 Å². The van der Waals surface area contributed by atoms with Crippen molar-refractivity contribution in [1.29, 1.82) is 0 Å². The van der Waals surface area contributed by atoms with Crippen molar-refractivity contribution in [3.63, 3.8) is 0 Å². The fraction of sp³-hybridized carbons (Fsp3) is 0.760. The van der Waals surface area contributed by atoms with Crippen LogP contribution in [0.4, 0.5) is 10.6 Å². The lowest BCUT2D eigenvalue weighted by atomic mass is 9.98. The summed E-state index contributed by atoms with van der Waals surface area (Å²) >= 11 is 0. The maximum atomic E-state index is 12.9. The number of hydrogen-bond acceptors (Lipinski definition) is 9. The highest BCUT2D eigenvalue weighted by Crippen LogP contribution is 2.39. The third-order valence-corrected chi connectivity index (χ3v) is 10.0. The van der Waals surface area contributed by atoms with Crippen molar-refractivity contribution in [2.24, 2.45) is 11.8 Å². The molecule has 3 saturated heterocycles. The Kier molecular flexibility index (Phi) is 7.79. The lowest BCUT2D eigenvalue weighted by Crippen LogP contribution is -2.53. The molecule has 13 heteroatoms. The maximum absolute atomic E-state index is 12.9. The fourth-order valence-corrected chi connectivity index (χ4v) is 7.00. The first-order chi connectivity index (χ1) is 18.1. The van der Waals surface area contributed by atoms with Crippen LogP contribution in [-0.2, 0) is 19.6 Å². The van der Waals surface area contributed by atoms with Crippen molar-refractivity contribution in [2.75, 3.05) is 70.1 Å². The summed E-state index contributed by atoms with van der Waals surface area (Å²) in [5, 5.41) is 0. The number of amides is 2. The van der Waals surface area contributed by atoms with E-state index in [2.05, 4.69) is 14.9 Å². The van der Waals surface area contributed by atoms with Crippen molar-refractivity contribution in [3.8, 4) is 5.88 Å². The molecule has 12 nitrogen and oxygen atoms in total. The molecular weight excluding hydrogens is 512 g/mol. The van der Waals surface area contributed by atoms with Gasteiger partial charge in [0.25, 0.3) is 0 Å².